The first-order valence-corrected chi connectivity index (χ1v) is 15.8. The zero-order valence-corrected chi connectivity index (χ0v) is 29.5. The van der Waals surface area contributed by atoms with Gasteiger partial charge in [-0.1, -0.05) is 204 Å². The van der Waals surface area contributed by atoms with E-state index < -0.39 is 0 Å². The molecule has 42 heavy (non-hydrogen) atoms. The third-order valence-corrected chi connectivity index (χ3v) is 5.98. The fourth-order valence-corrected chi connectivity index (χ4v) is 3.75. The molecule has 0 unspecified atom stereocenters. The van der Waals surface area contributed by atoms with Crippen molar-refractivity contribution >= 4 is 5.78 Å². The number of benzene rings is 4. The average Bonchev–Trinajstić information content (AvgIpc) is 3.06. The van der Waals surface area contributed by atoms with E-state index in [4.69, 9.17) is 0 Å². The molecule has 4 aromatic rings. The van der Waals surface area contributed by atoms with Crippen molar-refractivity contribution in [2.24, 2.45) is 0 Å². The number of rotatable bonds is 4. The van der Waals surface area contributed by atoms with Crippen LogP contribution in [0, 0.1) is 0 Å². The highest BCUT2D eigenvalue weighted by atomic mass is 16.1. The maximum Gasteiger partial charge on any atom is 0.126 e. The van der Waals surface area contributed by atoms with E-state index in [2.05, 4.69) is 149 Å². The normalized spacial score (nSPS) is 9.29. The minimum absolute atomic E-state index is 0.0858. The van der Waals surface area contributed by atoms with Crippen LogP contribution in [0.4, 0.5) is 0 Å². The molecule has 0 saturated carbocycles. The first kappa shape index (κ1) is 43.0. The number of hydrogen-bond donors (Lipinski definition) is 0. The highest BCUT2D eigenvalue weighted by molar-refractivity contribution is 5.72. The van der Waals surface area contributed by atoms with Gasteiger partial charge in [-0.25, -0.2) is 0 Å². The molecule has 4 rings (SSSR count). The predicted molar refractivity (Wildman–Crippen MR) is 192 cm³/mol. The van der Waals surface area contributed by atoms with Crippen molar-refractivity contribution in [2.45, 2.75) is 108 Å². The molecule has 232 valence electrons. The van der Waals surface area contributed by atoms with E-state index in [1.165, 1.54) is 36.1 Å². The zero-order chi connectivity index (χ0) is 33.0. The van der Waals surface area contributed by atoms with Gasteiger partial charge >= 0.3 is 0 Å². The van der Waals surface area contributed by atoms with Gasteiger partial charge in [0.15, 0.2) is 0 Å². The smallest absolute Gasteiger partial charge is 0.126 e. The van der Waals surface area contributed by atoms with Gasteiger partial charge in [0.25, 0.3) is 0 Å². The molecule has 0 spiro atoms. The van der Waals surface area contributed by atoms with Gasteiger partial charge < -0.3 is 4.79 Å². The van der Waals surface area contributed by atoms with Gasteiger partial charge in [0.2, 0.25) is 0 Å². The summed E-state index contributed by atoms with van der Waals surface area (Å²) in [5.41, 5.74) is 5.60. The van der Waals surface area contributed by atoms with Crippen LogP contribution >= 0.6 is 0 Å². The number of hydrogen-bond acceptors (Lipinski definition) is 1. The lowest BCUT2D eigenvalue weighted by molar-refractivity contribution is -0.115. The van der Waals surface area contributed by atoms with Crippen LogP contribution in [0.3, 0.4) is 0 Å². The van der Waals surface area contributed by atoms with E-state index in [0.717, 1.165) is 0 Å². The van der Waals surface area contributed by atoms with Crippen LogP contribution in [0.25, 0.3) is 0 Å². The van der Waals surface area contributed by atoms with Crippen LogP contribution in [0.1, 0.15) is 119 Å². The summed E-state index contributed by atoms with van der Waals surface area (Å²) >= 11 is 0. The summed E-state index contributed by atoms with van der Waals surface area (Å²) < 4.78 is 0. The van der Waals surface area contributed by atoms with Crippen LogP contribution in [-0.4, -0.2) is 5.78 Å². The molecule has 0 bridgehead atoms. The molecule has 0 fully saturated rings. The monoisotopic (exact) mass is 570 g/mol. The maximum absolute atomic E-state index is 9.44. The Morgan fingerprint density at radius 1 is 0.357 bits per heavy atom. The zero-order valence-electron chi connectivity index (χ0n) is 29.5. The number of carbonyl (C=O) groups is 1. The Bertz CT molecular complexity index is 923. The largest absolute Gasteiger partial charge is 0.300 e. The molecule has 0 aliphatic rings. The molecular weight excluding hydrogens is 508 g/mol. The molecule has 4 aromatic carbocycles. The van der Waals surface area contributed by atoms with E-state index in [1.54, 1.807) is 0 Å². The topological polar surface area (TPSA) is 17.1 Å². The predicted octanol–water partition coefficient (Wildman–Crippen LogP) is 12.7. The average molecular weight is 571 g/mol. The highest BCUT2D eigenvalue weighted by Gasteiger charge is 2.22. The fourth-order valence-electron chi connectivity index (χ4n) is 3.75. The molecule has 1 nitrogen and oxygen atoms in total. The van der Waals surface area contributed by atoms with Crippen molar-refractivity contribution in [3.05, 3.63) is 144 Å². The summed E-state index contributed by atoms with van der Waals surface area (Å²) in [5.74, 6) is 0.167. The fraction of sp³-hybridized carbons (Fsp3) is 0.390. The van der Waals surface area contributed by atoms with E-state index >= 15 is 0 Å². The van der Waals surface area contributed by atoms with Gasteiger partial charge in [-0.3, -0.25) is 0 Å². The van der Waals surface area contributed by atoms with Crippen molar-refractivity contribution in [2.75, 3.05) is 0 Å². The third kappa shape index (κ3) is 16.7. The lowest BCUT2D eigenvalue weighted by Crippen LogP contribution is -2.18. The Morgan fingerprint density at radius 3 is 0.595 bits per heavy atom. The Hall–Kier alpha value is -3.45. The van der Waals surface area contributed by atoms with Crippen molar-refractivity contribution in [1.29, 1.82) is 0 Å². The lowest BCUT2D eigenvalue weighted by Gasteiger charge is -2.25. The van der Waals surface area contributed by atoms with Gasteiger partial charge in [0.1, 0.15) is 5.78 Å². The highest BCUT2D eigenvalue weighted by Crippen LogP contribution is 2.31. The lowest BCUT2D eigenvalue weighted by atomic mass is 9.78. The molecule has 1 heteroatoms. The minimum Gasteiger partial charge on any atom is -0.300 e. The second-order valence-electron chi connectivity index (χ2n) is 9.62. The molecule has 0 N–H and O–H groups in total. The van der Waals surface area contributed by atoms with Crippen LogP contribution in [0.15, 0.2) is 121 Å². The van der Waals surface area contributed by atoms with E-state index in [0.29, 0.717) is 0 Å². The summed E-state index contributed by atoms with van der Waals surface area (Å²) in [4.78, 5) is 9.44. The summed E-state index contributed by atoms with van der Waals surface area (Å²) in [5, 5.41) is 0. The number of Topliss-reactive ketones (excluding diaryl/α,β-unsaturated/α-hetero) is 1. The Morgan fingerprint density at radius 2 is 0.476 bits per heavy atom. The molecule has 0 saturated heterocycles. The standard InChI is InChI=1S/2C15H16.C3H6O.4C2H6/c2*1-15(2,13-9-5-3-6-10-13)14-11-7-4-8-12-14;1-3(2)4;4*1-2/h2*3-12H,1-2H3;1-2H3;4*1-2H3. The Kier molecular flexibility index (Phi) is 27.1. The SMILES string of the molecule is CC.CC.CC.CC.CC(C)(c1ccccc1)c1ccccc1.CC(C)(c1ccccc1)c1ccccc1.CC(C)=O. The van der Waals surface area contributed by atoms with Crippen molar-refractivity contribution in [3.63, 3.8) is 0 Å². The second kappa shape index (κ2) is 26.4. The van der Waals surface area contributed by atoms with E-state index in [9.17, 15) is 4.79 Å². The first-order chi connectivity index (χ1) is 20.2. The van der Waals surface area contributed by atoms with E-state index in [1.807, 2.05) is 55.4 Å². The van der Waals surface area contributed by atoms with Gasteiger partial charge in [-0.05, 0) is 36.1 Å². The van der Waals surface area contributed by atoms with E-state index in [-0.39, 0.29) is 16.6 Å². The summed E-state index contributed by atoms with van der Waals surface area (Å²) in [6, 6.07) is 42.5. The second-order valence-corrected chi connectivity index (χ2v) is 9.62. The Labute approximate surface area is 261 Å². The molecule has 0 aromatic heterocycles. The molecule has 0 heterocycles. The molecule has 0 atom stereocenters. The van der Waals surface area contributed by atoms with Gasteiger partial charge in [0.05, 0.1) is 0 Å². The molecule has 0 aliphatic heterocycles. The van der Waals surface area contributed by atoms with Gasteiger partial charge in [0, 0.05) is 10.8 Å². The van der Waals surface area contributed by atoms with Crippen LogP contribution in [-0.2, 0) is 15.6 Å². The number of ketones is 1. The maximum atomic E-state index is 9.44. The van der Waals surface area contributed by atoms with Crippen LogP contribution in [0.5, 0.6) is 0 Å². The van der Waals surface area contributed by atoms with Crippen LogP contribution < -0.4 is 0 Å². The van der Waals surface area contributed by atoms with Crippen molar-refractivity contribution in [3.8, 4) is 0 Å². The first-order valence-electron chi connectivity index (χ1n) is 15.8. The quantitative estimate of drug-likeness (QED) is 0.238. The molecule has 0 radical (unpaired) electrons. The summed E-state index contributed by atoms with van der Waals surface area (Å²) in [6.45, 7) is 28.1. The molecule has 0 amide bonds. The summed E-state index contributed by atoms with van der Waals surface area (Å²) in [7, 11) is 0. The van der Waals surface area contributed by atoms with Gasteiger partial charge in [-0.2, -0.15) is 0 Å². The van der Waals surface area contributed by atoms with Gasteiger partial charge in [-0.15, -0.1) is 0 Å². The minimum atomic E-state index is 0.0858. The third-order valence-electron chi connectivity index (χ3n) is 5.98. The van der Waals surface area contributed by atoms with Crippen molar-refractivity contribution in [1.82, 2.24) is 0 Å². The summed E-state index contributed by atoms with van der Waals surface area (Å²) in [6.07, 6.45) is 0. The molecule has 0 aliphatic carbocycles. The number of carbonyl (C=O) groups excluding carboxylic acids is 1. The van der Waals surface area contributed by atoms with Crippen molar-refractivity contribution < 1.29 is 4.79 Å². The van der Waals surface area contributed by atoms with Crippen LogP contribution in [0.2, 0.25) is 0 Å². The molecular formula is C41H62O. The Balaban J connectivity index is -0.000000532.